The van der Waals surface area contributed by atoms with Gasteiger partial charge in [0.15, 0.2) is 17.1 Å². The first-order chi connectivity index (χ1) is 14.6. The molecule has 3 N–H and O–H groups in total. The van der Waals surface area contributed by atoms with Crippen molar-refractivity contribution in [3.05, 3.63) is 30.5 Å². The molecule has 10 nitrogen and oxygen atoms in total. The van der Waals surface area contributed by atoms with Crippen LogP contribution in [0.2, 0.25) is 0 Å². The van der Waals surface area contributed by atoms with Gasteiger partial charge < -0.3 is 25.4 Å². The molecule has 3 aromatic rings. The summed E-state index contributed by atoms with van der Waals surface area (Å²) in [6.45, 7) is 2.68. The Hall–Kier alpha value is -4.00. The Bertz CT molecular complexity index is 1140. The van der Waals surface area contributed by atoms with Crippen molar-refractivity contribution >= 4 is 34.6 Å². The Morgan fingerprint density at radius 2 is 2.17 bits per heavy atom. The minimum Gasteiger partial charge on any atom is -0.486 e. The molecule has 0 fully saturated rings. The number of ether oxygens (including phenoxy) is 2. The number of hydrogen-bond acceptors (Lipinski definition) is 8. The van der Waals surface area contributed by atoms with Crippen molar-refractivity contribution in [2.45, 2.75) is 13.3 Å². The van der Waals surface area contributed by atoms with Crippen LogP contribution in [0, 0.1) is 17.2 Å². The molecule has 0 saturated carbocycles. The Morgan fingerprint density at radius 3 is 2.97 bits per heavy atom. The highest BCUT2D eigenvalue weighted by atomic mass is 16.6. The van der Waals surface area contributed by atoms with Crippen molar-refractivity contribution < 1.29 is 14.3 Å². The highest BCUT2D eigenvalue weighted by Crippen LogP contribution is 2.38. The second-order valence-electron chi connectivity index (χ2n) is 6.81. The van der Waals surface area contributed by atoms with Gasteiger partial charge in [-0.05, 0) is 19.1 Å². The first-order valence-corrected chi connectivity index (χ1v) is 9.50. The van der Waals surface area contributed by atoms with E-state index in [4.69, 9.17) is 14.7 Å². The van der Waals surface area contributed by atoms with Crippen molar-refractivity contribution in [3.8, 4) is 17.6 Å². The molecule has 30 heavy (non-hydrogen) atoms. The predicted molar refractivity (Wildman–Crippen MR) is 111 cm³/mol. The maximum Gasteiger partial charge on any atom is 0.225 e. The molecule has 0 bridgehead atoms. The summed E-state index contributed by atoms with van der Waals surface area (Å²) in [4.78, 5) is 16.8. The van der Waals surface area contributed by atoms with Crippen LogP contribution < -0.4 is 25.4 Å². The van der Waals surface area contributed by atoms with Crippen LogP contribution in [0.4, 0.5) is 23.0 Å². The third kappa shape index (κ3) is 3.77. The molecule has 0 saturated heterocycles. The van der Waals surface area contributed by atoms with Crippen molar-refractivity contribution in [2.24, 2.45) is 5.92 Å². The SMILES string of the molecule is CNc1cc(Nc2cccc3c2OCCO3)nc2c(NC(=O)C[C@H](C)C#N)cnn12. The lowest BCUT2D eigenvalue weighted by Crippen LogP contribution is -2.16. The maximum absolute atomic E-state index is 12.2. The number of carbonyl (C=O) groups excluding carboxylic acids is 1. The number of rotatable bonds is 6. The molecule has 10 heteroatoms. The molecular weight excluding hydrogens is 386 g/mol. The third-order valence-corrected chi connectivity index (χ3v) is 4.54. The lowest BCUT2D eigenvalue weighted by molar-refractivity contribution is -0.116. The molecule has 4 rings (SSSR count). The van der Waals surface area contributed by atoms with Crippen LogP contribution in [-0.4, -0.2) is 40.8 Å². The largest absolute Gasteiger partial charge is 0.486 e. The number of aromatic nitrogens is 3. The minimum absolute atomic E-state index is 0.0954. The highest BCUT2D eigenvalue weighted by Gasteiger charge is 2.18. The fourth-order valence-electron chi connectivity index (χ4n) is 3.13. The number of carbonyl (C=O) groups is 1. The number of amides is 1. The van der Waals surface area contributed by atoms with Crippen LogP contribution in [0.1, 0.15) is 13.3 Å². The number of anilines is 4. The van der Waals surface area contributed by atoms with Crippen LogP contribution in [-0.2, 0) is 4.79 Å². The van der Waals surface area contributed by atoms with Gasteiger partial charge >= 0.3 is 0 Å². The van der Waals surface area contributed by atoms with Gasteiger partial charge in [-0.3, -0.25) is 4.79 Å². The summed E-state index contributed by atoms with van der Waals surface area (Å²) in [6, 6.07) is 9.45. The number of para-hydroxylation sites is 1. The van der Waals surface area contributed by atoms with E-state index >= 15 is 0 Å². The standard InChI is InChI=1S/C20H21N7O3/c1-12(10-21)8-18(28)25-14-11-23-27-17(22-2)9-16(26-20(14)27)24-13-4-3-5-15-19(13)30-7-6-29-15/h3-5,9,11-12,22H,6-8H2,1-2H3,(H,24,26)(H,25,28)/t12-/m0/s1. The summed E-state index contributed by atoms with van der Waals surface area (Å²) in [5.74, 6) is 1.87. The first kappa shape index (κ1) is 19.3. The minimum atomic E-state index is -0.378. The highest BCUT2D eigenvalue weighted by molar-refractivity contribution is 5.94. The molecule has 2 aromatic heterocycles. The second kappa shape index (κ2) is 8.16. The van der Waals surface area contributed by atoms with E-state index in [9.17, 15) is 4.79 Å². The fourth-order valence-corrected chi connectivity index (χ4v) is 3.13. The van der Waals surface area contributed by atoms with Crippen molar-refractivity contribution in [1.82, 2.24) is 14.6 Å². The molecule has 1 aliphatic rings. The van der Waals surface area contributed by atoms with Gasteiger partial charge in [0.1, 0.15) is 30.5 Å². The van der Waals surface area contributed by atoms with E-state index in [1.165, 1.54) is 6.20 Å². The van der Waals surface area contributed by atoms with E-state index in [1.807, 2.05) is 18.2 Å². The van der Waals surface area contributed by atoms with E-state index in [2.05, 4.69) is 32.1 Å². The van der Waals surface area contributed by atoms with Crippen molar-refractivity contribution in [2.75, 3.05) is 36.2 Å². The lowest BCUT2D eigenvalue weighted by Gasteiger charge is -2.21. The molecule has 0 spiro atoms. The summed E-state index contributed by atoms with van der Waals surface area (Å²) in [7, 11) is 1.77. The molecule has 0 aliphatic carbocycles. The molecule has 1 aliphatic heterocycles. The molecule has 1 aromatic carbocycles. The molecule has 0 unspecified atom stereocenters. The van der Waals surface area contributed by atoms with Gasteiger partial charge in [0.2, 0.25) is 5.91 Å². The summed E-state index contributed by atoms with van der Waals surface area (Å²) in [5.41, 5.74) is 1.64. The van der Waals surface area contributed by atoms with Gasteiger partial charge in [-0.1, -0.05) is 6.07 Å². The summed E-state index contributed by atoms with van der Waals surface area (Å²) in [6.07, 6.45) is 1.63. The van der Waals surface area contributed by atoms with Gasteiger partial charge in [0.05, 0.1) is 23.9 Å². The van der Waals surface area contributed by atoms with Crippen molar-refractivity contribution in [3.63, 3.8) is 0 Å². The average Bonchev–Trinajstić information content (AvgIpc) is 3.15. The molecule has 0 radical (unpaired) electrons. The smallest absolute Gasteiger partial charge is 0.225 e. The predicted octanol–water partition coefficient (Wildman–Crippen LogP) is 2.77. The van der Waals surface area contributed by atoms with E-state index < -0.39 is 0 Å². The van der Waals surface area contributed by atoms with Gasteiger partial charge in [-0.25, -0.2) is 4.98 Å². The zero-order valence-corrected chi connectivity index (χ0v) is 16.6. The maximum atomic E-state index is 12.2. The van der Waals surface area contributed by atoms with Gasteiger partial charge in [-0.2, -0.15) is 14.9 Å². The Balaban J connectivity index is 1.67. The Morgan fingerprint density at radius 1 is 1.33 bits per heavy atom. The topological polar surface area (TPSA) is 126 Å². The summed E-state index contributed by atoms with van der Waals surface area (Å²) in [5, 5.41) is 22.3. The summed E-state index contributed by atoms with van der Waals surface area (Å²) < 4.78 is 13.0. The van der Waals surface area contributed by atoms with Gasteiger partial charge in [0, 0.05) is 19.5 Å². The van der Waals surface area contributed by atoms with Crippen molar-refractivity contribution in [1.29, 1.82) is 5.26 Å². The Labute approximate surface area is 172 Å². The van der Waals surface area contributed by atoms with Crippen LogP contribution in [0.25, 0.3) is 5.65 Å². The van der Waals surface area contributed by atoms with E-state index in [0.29, 0.717) is 47.7 Å². The molecule has 1 amide bonds. The lowest BCUT2D eigenvalue weighted by atomic mass is 10.1. The molecule has 1 atom stereocenters. The second-order valence-corrected chi connectivity index (χ2v) is 6.81. The normalized spacial score (nSPS) is 13.4. The van der Waals surface area contributed by atoms with Gasteiger partial charge in [0.25, 0.3) is 0 Å². The van der Waals surface area contributed by atoms with Crippen LogP contribution in [0.5, 0.6) is 11.5 Å². The summed E-state index contributed by atoms with van der Waals surface area (Å²) >= 11 is 0. The number of nitrogens with one attached hydrogen (secondary N) is 3. The monoisotopic (exact) mass is 407 g/mol. The quantitative estimate of drug-likeness (QED) is 0.569. The molecule has 154 valence electrons. The fraction of sp³-hybridized carbons (Fsp3) is 0.300. The number of fused-ring (bicyclic) bond motifs is 2. The average molecular weight is 407 g/mol. The number of benzene rings is 1. The first-order valence-electron chi connectivity index (χ1n) is 9.50. The zero-order valence-electron chi connectivity index (χ0n) is 16.6. The number of nitrogens with zero attached hydrogens (tertiary/aromatic N) is 4. The molecule has 3 heterocycles. The van der Waals surface area contributed by atoms with Crippen LogP contribution >= 0.6 is 0 Å². The van der Waals surface area contributed by atoms with E-state index in [1.54, 1.807) is 24.6 Å². The van der Waals surface area contributed by atoms with Gasteiger partial charge in [-0.15, -0.1) is 0 Å². The number of nitriles is 1. The van der Waals surface area contributed by atoms with Crippen LogP contribution in [0.3, 0.4) is 0 Å². The molecular formula is C20H21N7O3. The third-order valence-electron chi connectivity index (χ3n) is 4.54. The van der Waals surface area contributed by atoms with E-state index in [-0.39, 0.29) is 18.2 Å². The Kier molecular flexibility index (Phi) is 5.26. The van der Waals surface area contributed by atoms with Crippen LogP contribution in [0.15, 0.2) is 30.5 Å². The number of hydrogen-bond donors (Lipinski definition) is 3. The zero-order chi connectivity index (χ0) is 21.1. The van der Waals surface area contributed by atoms with E-state index in [0.717, 1.165) is 5.69 Å².